The summed E-state index contributed by atoms with van der Waals surface area (Å²) in [5.41, 5.74) is 7.69. The van der Waals surface area contributed by atoms with Gasteiger partial charge in [0.1, 0.15) is 5.82 Å². The second kappa shape index (κ2) is 6.89. The van der Waals surface area contributed by atoms with Gasteiger partial charge in [-0.1, -0.05) is 31.5 Å². The summed E-state index contributed by atoms with van der Waals surface area (Å²) >= 11 is 6.24. The molecule has 0 bridgehead atoms. The van der Waals surface area contributed by atoms with E-state index in [-0.39, 0.29) is 18.5 Å². The van der Waals surface area contributed by atoms with E-state index in [1.165, 1.54) is 9.13 Å². The number of halogens is 1. The van der Waals surface area contributed by atoms with Crippen LogP contribution in [0.1, 0.15) is 31.4 Å². The number of fused-ring (bicyclic) bond motifs is 2. The SMILES string of the molecule is CC(C)C(N)c1nc2c(c(=O)n(Cc3cc4c(Cl)cccc4[nH]3)c(=O)n2C)n1C. The fourth-order valence-electron chi connectivity index (χ4n) is 3.63. The van der Waals surface area contributed by atoms with Gasteiger partial charge in [0.2, 0.25) is 0 Å². The van der Waals surface area contributed by atoms with Crippen molar-refractivity contribution in [3.63, 3.8) is 0 Å². The summed E-state index contributed by atoms with van der Waals surface area (Å²) < 4.78 is 4.29. The van der Waals surface area contributed by atoms with Crippen LogP contribution < -0.4 is 17.0 Å². The summed E-state index contributed by atoms with van der Waals surface area (Å²) in [5, 5.41) is 1.46. The Kier molecular flexibility index (Phi) is 4.63. The Labute approximate surface area is 171 Å². The summed E-state index contributed by atoms with van der Waals surface area (Å²) in [4.78, 5) is 33.9. The average molecular weight is 415 g/mol. The monoisotopic (exact) mass is 414 g/mol. The van der Waals surface area contributed by atoms with Crippen LogP contribution in [0.2, 0.25) is 5.02 Å². The zero-order valence-corrected chi connectivity index (χ0v) is 17.5. The molecule has 0 radical (unpaired) electrons. The first-order valence-electron chi connectivity index (χ1n) is 9.38. The molecule has 152 valence electrons. The number of nitrogens with one attached hydrogen (secondary N) is 1. The van der Waals surface area contributed by atoms with E-state index in [9.17, 15) is 9.59 Å². The zero-order valence-electron chi connectivity index (χ0n) is 16.7. The Bertz CT molecular complexity index is 1360. The van der Waals surface area contributed by atoms with Crippen molar-refractivity contribution in [2.75, 3.05) is 0 Å². The third-order valence-corrected chi connectivity index (χ3v) is 5.74. The normalized spacial score (nSPS) is 13.1. The number of hydrogen-bond acceptors (Lipinski definition) is 4. The van der Waals surface area contributed by atoms with Crippen molar-refractivity contribution in [2.45, 2.75) is 26.4 Å². The molecule has 0 saturated heterocycles. The second-order valence-corrected chi connectivity index (χ2v) is 8.11. The van der Waals surface area contributed by atoms with Gasteiger partial charge in [-0.3, -0.25) is 13.9 Å². The first kappa shape index (κ1) is 19.5. The number of aryl methyl sites for hydroxylation is 2. The van der Waals surface area contributed by atoms with Crippen LogP contribution in [0.25, 0.3) is 22.1 Å². The highest BCUT2D eigenvalue weighted by atomic mass is 35.5. The highest BCUT2D eigenvalue weighted by Crippen LogP contribution is 2.24. The van der Waals surface area contributed by atoms with Crippen LogP contribution in [-0.4, -0.2) is 23.7 Å². The molecule has 1 unspecified atom stereocenters. The van der Waals surface area contributed by atoms with E-state index in [0.717, 1.165) is 10.9 Å². The number of hydrogen-bond donors (Lipinski definition) is 2. The number of nitrogens with zero attached hydrogens (tertiary/aromatic N) is 4. The van der Waals surface area contributed by atoms with Gasteiger partial charge in [-0.05, 0) is 24.1 Å². The predicted molar refractivity (Wildman–Crippen MR) is 114 cm³/mol. The fraction of sp³-hybridized carbons (Fsp3) is 0.350. The number of H-pyrrole nitrogens is 1. The molecule has 4 rings (SSSR count). The number of aromatic amines is 1. The van der Waals surface area contributed by atoms with E-state index in [2.05, 4.69) is 9.97 Å². The highest BCUT2D eigenvalue weighted by Gasteiger charge is 2.23. The smallest absolute Gasteiger partial charge is 0.332 e. The number of rotatable bonds is 4. The van der Waals surface area contributed by atoms with E-state index < -0.39 is 11.2 Å². The largest absolute Gasteiger partial charge is 0.357 e. The maximum atomic E-state index is 13.2. The topological polar surface area (TPSA) is 104 Å². The van der Waals surface area contributed by atoms with Gasteiger partial charge in [-0.25, -0.2) is 9.78 Å². The van der Waals surface area contributed by atoms with Gasteiger partial charge in [-0.15, -0.1) is 0 Å². The van der Waals surface area contributed by atoms with Crippen molar-refractivity contribution >= 4 is 33.7 Å². The molecule has 0 saturated carbocycles. The van der Waals surface area contributed by atoms with Crippen molar-refractivity contribution in [1.82, 2.24) is 23.7 Å². The van der Waals surface area contributed by atoms with Gasteiger partial charge in [0.25, 0.3) is 5.56 Å². The molecule has 3 heterocycles. The summed E-state index contributed by atoms with van der Waals surface area (Å²) in [5.74, 6) is 0.720. The molecule has 29 heavy (non-hydrogen) atoms. The van der Waals surface area contributed by atoms with Crippen molar-refractivity contribution in [1.29, 1.82) is 0 Å². The first-order valence-corrected chi connectivity index (χ1v) is 9.76. The number of imidazole rings is 1. The van der Waals surface area contributed by atoms with Crippen molar-refractivity contribution in [2.24, 2.45) is 25.7 Å². The predicted octanol–water partition coefficient (Wildman–Crippen LogP) is 2.27. The molecule has 0 aliphatic heterocycles. The van der Waals surface area contributed by atoms with Crippen molar-refractivity contribution in [3.05, 3.63) is 61.6 Å². The lowest BCUT2D eigenvalue weighted by atomic mass is 10.1. The molecule has 0 aliphatic carbocycles. The lowest BCUT2D eigenvalue weighted by molar-refractivity contribution is 0.480. The van der Waals surface area contributed by atoms with Gasteiger partial charge in [0.05, 0.1) is 12.6 Å². The third-order valence-electron chi connectivity index (χ3n) is 5.41. The molecule has 0 fully saturated rings. The highest BCUT2D eigenvalue weighted by molar-refractivity contribution is 6.35. The number of nitrogens with two attached hydrogens (primary N) is 1. The Hall–Kier alpha value is -2.84. The molecule has 1 atom stereocenters. The van der Waals surface area contributed by atoms with Crippen LogP contribution >= 0.6 is 11.6 Å². The van der Waals surface area contributed by atoms with E-state index in [0.29, 0.717) is 27.7 Å². The Morgan fingerprint density at radius 1 is 1.21 bits per heavy atom. The van der Waals surface area contributed by atoms with Crippen LogP contribution in [-0.2, 0) is 20.6 Å². The minimum Gasteiger partial charge on any atom is -0.357 e. The molecule has 4 aromatic rings. The maximum absolute atomic E-state index is 13.2. The van der Waals surface area contributed by atoms with Crippen LogP contribution in [0, 0.1) is 5.92 Å². The lowest BCUT2D eigenvalue weighted by Crippen LogP contribution is -2.39. The zero-order chi connectivity index (χ0) is 21.0. The van der Waals surface area contributed by atoms with Crippen molar-refractivity contribution in [3.8, 4) is 0 Å². The van der Waals surface area contributed by atoms with Gasteiger partial charge in [0, 0.05) is 35.7 Å². The minimum atomic E-state index is -0.435. The van der Waals surface area contributed by atoms with E-state index in [4.69, 9.17) is 17.3 Å². The third kappa shape index (κ3) is 2.99. The summed E-state index contributed by atoms with van der Waals surface area (Å²) in [7, 11) is 3.37. The van der Waals surface area contributed by atoms with Gasteiger partial charge in [-0.2, -0.15) is 0 Å². The van der Waals surface area contributed by atoms with Crippen LogP contribution in [0.5, 0.6) is 0 Å². The lowest BCUT2D eigenvalue weighted by Gasteiger charge is -2.14. The Balaban J connectivity index is 1.90. The first-order chi connectivity index (χ1) is 13.7. The van der Waals surface area contributed by atoms with E-state index in [1.807, 2.05) is 32.0 Å². The number of benzene rings is 1. The van der Waals surface area contributed by atoms with Gasteiger partial charge >= 0.3 is 5.69 Å². The maximum Gasteiger partial charge on any atom is 0.332 e. The van der Waals surface area contributed by atoms with E-state index in [1.54, 1.807) is 24.7 Å². The van der Waals surface area contributed by atoms with Crippen molar-refractivity contribution < 1.29 is 0 Å². The molecular weight excluding hydrogens is 392 g/mol. The van der Waals surface area contributed by atoms with Crippen LogP contribution in [0.15, 0.2) is 33.9 Å². The van der Waals surface area contributed by atoms with Crippen LogP contribution in [0.3, 0.4) is 0 Å². The molecule has 9 heteroatoms. The van der Waals surface area contributed by atoms with E-state index >= 15 is 0 Å². The summed E-state index contributed by atoms with van der Waals surface area (Å²) in [6, 6.07) is 7.06. The average Bonchev–Trinajstić information content (AvgIpc) is 3.24. The fourth-order valence-corrected chi connectivity index (χ4v) is 3.86. The molecule has 1 aromatic carbocycles. The molecule has 0 amide bonds. The molecule has 0 aliphatic rings. The molecule has 3 N–H and O–H groups in total. The molecule has 0 spiro atoms. The Morgan fingerprint density at radius 2 is 1.93 bits per heavy atom. The summed E-state index contributed by atoms with van der Waals surface area (Å²) in [6.45, 7) is 4.08. The van der Waals surface area contributed by atoms with Crippen LogP contribution in [0.4, 0.5) is 0 Å². The molecular formula is C20H23ClN6O2. The van der Waals surface area contributed by atoms with Gasteiger partial charge < -0.3 is 15.3 Å². The second-order valence-electron chi connectivity index (χ2n) is 7.70. The van der Waals surface area contributed by atoms with Gasteiger partial charge in [0.15, 0.2) is 11.2 Å². The minimum absolute atomic E-state index is 0.100. The standard InChI is InChI=1S/C20H23ClN6O2/c1-10(2)15(22)17-24-18-16(25(17)3)19(28)27(20(29)26(18)4)9-11-8-12-13(21)6-5-7-14(12)23-11/h5-8,10,15,23H,9,22H2,1-4H3. The number of aromatic nitrogens is 5. The quantitative estimate of drug-likeness (QED) is 0.534. The molecule has 3 aromatic heterocycles. The Morgan fingerprint density at radius 3 is 2.59 bits per heavy atom. The summed E-state index contributed by atoms with van der Waals surface area (Å²) in [6.07, 6.45) is 0. The molecule has 8 nitrogen and oxygen atoms in total.